The van der Waals surface area contributed by atoms with Gasteiger partial charge in [0.2, 0.25) is 0 Å². The zero-order chi connectivity index (χ0) is 20.9. The highest BCUT2D eigenvalue weighted by atomic mass is 28.4. The van der Waals surface area contributed by atoms with Crippen LogP contribution < -0.4 is 10.4 Å². The van der Waals surface area contributed by atoms with E-state index >= 15 is 0 Å². The Hall–Kier alpha value is -2.24. The molecule has 1 heterocycles. The average Bonchev–Trinajstić information content (AvgIpc) is 3.15. The Labute approximate surface area is 174 Å². The number of carbonyl (C=O) groups excluding carboxylic acids is 2. The summed E-state index contributed by atoms with van der Waals surface area (Å²) in [5.74, 6) is -0.183. The molecule has 0 spiro atoms. The van der Waals surface area contributed by atoms with Crippen molar-refractivity contribution in [1.82, 2.24) is 0 Å². The van der Waals surface area contributed by atoms with Crippen LogP contribution in [0.1, 0.15) is 46.5 Å². The second kappa shape index (κ2) is 9.05. The van der Waals surface area contributed by atoms with Crippen molar-refractivity contribution in [2.45, 2.75) is 63.7 Å². The lowest BCUT2D eigenvalue weighted by Crippen LogP contribution is -2.68. The Balaban J connectivity index is 2.12. The van der Waals surface area contributed by atoms with E-state index in [9.17, 15) is 9.59 Å². The Morgan fingerprint density at radius 2 is 1.62 bits per heavy atom. The van der Waals surface area contributed by atoms with E-state index in [-0.39, 0.29) is 23.2 Å². The molecule has 0 amide bonds. The molecule has 3 rings (SSSR count). The molecule has 29 heavy (non-hydrogen) atoms. The third-order valence-corrected chi connectivity index (χ3v) is 10.7. The minimum atomic E-state index is -2.76. The molecular weight excluding hydrogens is 380 g/mol. The number of carbonyl (C=O) groups is 2. The van der Waals surface area contributed by atoms with Gasteiger partial charge in [0.1, 0.15) is 12.4 Å². The van der Waals surface area contributed by atoms with Crippen molar-refractivity contribution in [3.63, 3.8) is 0 Å². The summed E-state index contributed by atoms with van der Waals surface area (Å²) in [4.78, 5) is 22.9. The van der Waals surface area contributed by atoms with Gasteiger partial charge in [-0.3, -0.25) is 4.79 Å². The van der Waals surface area contributed by atoms with E-state index in [0.717, 1.165) is 6.29 Å². The topological polar surface area (TPSA) is 52.6 Å². The molecule has 1 fully saturated rings. The third kappa shape index (κ3) is 4.51. The molecule has 2 atom stereocenters. The zero-order valence-electron chi connectivity index (χ0n) is 17.5. The predicted molar refractivity (Wildman–Crippen MR) is 117 cm³/mol. The van der Waals surface area contributed by atoms with Crippen LogP contribution >= 0.6 is 0 Å². The largest absolute Gasteiger partial charge is 0.460 e. The fourth-order valence-electron chi connectivity index (χ4n) is 4.28. The van der Waals surface area contributed by atoms with Gasteiger partial charge in [0.05, 0.1) is 6.10 Å². The van der Waals surface area contributed by atoms with Gasteiger partial charge in [0.25, 0.3) is 8.32 Å². The molecule has 0 unspecified atom stereocenters. The van der Waals surface area contributed by atoms with E-state index in [1.54, 1.807) is 0 Å². The van der Waals surface area contributed by atoms with Crippen LogP contribution in [0.2, 0.25) is 5.04 Å². The third-order valence-electron chi connectivity index (χ3n) is 5.64. The van der Waals surface area contributed by atoms with Crippen LogP contribution in [0.3, 0.4) is 0 Å². The van der Waals surface area contributed by atoms with E-state index in [4.69, 9.17) is 9.16 Å². The Morgan fingerprint density at radius 3 is 2.03 bits per heavy atom. The minimum Gasteiger partial charge on any atom is -0.460 e. The predicted octanol–water partition coefficient (Wildman–Crippen LogP) is 3.62. The molecule has 0 aliphatic carbocycles. The molecule has 0 aromatic heterocycles. The van der Waals surface area contributed by atoms with Gasteiger partial charge in [-0.2, -0.15) is 0 Å². The summed E-state index contributed by atoms with van der Waals surface area (Å²) in [7, 11) is -2.76. The number of cyclic esters (lactones) is 1. The number of hydrogen-bond donors (Lipinski definition) is 0. The molecule has 0 radical (unpaired) electrons. The summed E-state index contributed by atoms with van der Waals surface area (Å²) in [5, 5.41) is 2.19. The molecule has 0 N–H and O–H groups in total. The Bertz CT molecular complexity index is 774. The lowest BCUT2D eigenvalue weighted by atomic mass is 10.1. The van der Waals surface area contributed by atoms with Crippen LogP contribution in [0, 0.1) is 0 Å². The van der Waals surface area contributed by atoms with Crippen molar-refractivity contribution in [1.29, 1.82) is 0 Å². The van der Waals surface area contributed by atoms with Gasteiger partial charge in [-0.05, 0) is 28.3 Å². The van der Waals surface area contributed by atoms with Crippen molar-refractivity contribution in [2.75, 3.05) is 0 Å². The maximum Gasteiger partial charge on any atom is 0.306 e. The summed E-state index contributed by atoms with van der Waals surface area (Å²) < 4.78 is 12.7. The number of hydrogen-bond acceptors (Lipinski definition) is 4. The number of esters is 1. The van der Waals surface area contributed by atoms with Crippen molar-refractivity contribution in [2.24, 2.45) is 0 Å². The molecule has 0 bridgehead atoms. The Morgan fingerprint density at radius 1 is 1.07 bits per heavy atom. The van der Waals surface area contributed by atoms with Crippen LogP contribution in [0.5, 0.6) is 0 Å². The van der Waals surface area contributed by atoms with Gasteiger partial charge in [-0.15, -0.1) is 0 Å². The minimum absolute atomic E-state index is 0.169. The molecule has 154 valence electrons. The van der Waals surface area contributed by atoms with Crippen molar-refractivity contribution in [3.8, 4) is 0 Å². The smallest absolute Gasteiger partial charge is 0.306 e. The summed E-state index contributed by atoms with van der Waals surface area (Å²) in [6, 6.07) is 20.8. The summed E-state index contributed by atoms with van der Waals surface area (Å²) in [6.07, 6.45) is 2.29. The maximum atomic E-state index is 11.8. The summed E-state index contributed by atoms with van der Waals surface area (Å²) in [5.41, 5.74) is 0. The number of aldehydes is 1. The molecular formula is C24H30O4Si. The van der Waals surface area contributed by atoms with E-state index < -0.39 is 8.32 Å². The van der Waals surface area contributed by atoms with E-state index in [0.29, 0.717) is 25.7 Å². The first-order valence-corrected chi connectivity index (χ1v) is 12.2. The van der Waals surface area contributed by atoms with Gasteiger partial charge < -0.3 is 14.0 Å². The zero-order valence-corrected chi connectivity index (χ0v) is 18.5. The highest BCUT2D eigenvalue weighted by Gasteiger charge is 2.52. The van der Waals surface area contributed by atoms with E-state index in [2.05, 4.69) is 45.0 Å². The fourth-order valence-corrected chi connectivity index (χ4v) is 9.02. The van der Waals surface area contributed by atoms with Crippen molar-refractivity contribution in [3.05, 3.63) is 60.7 Å². The lowest BCUT2D eigenvalue weighted by Gasteiger charge is -2.46. The first kappa shape index (κ1) is 21.5. The maximum absolute atomic E-state index is 11.8. The summed E-state index contributed by atoms with van der Waals surface area (Å²) in [6.45, 7) is 6.66. The molecule has 2 aromatic rings. The molecule has 4 nitrogen and oxygen atoms in total. The molecule has 5 heteroatoms. The molecule has 2 aromatic carbocycles. The van der Waals surface area contributed by atoms with Gasteiger partial charge >= 0.3 is 5.97 Å². The van der Waals surface area contributed by atoms with Gasteiger partial charge in [0.15, 0.2) is 0 Å². The van der Waals surface area contributed by atoms with Gasteiger partial charge in [-0.1, -0.05) is 81.4 Å². The summed E-state index contributed by atoms with van der Waals surface area (Å²) >= 11 is 0. The Kier molecular flexibility index (Phi) is 6.70. The van der Waals surface area contributed by atoms with Crippen LogP contribution in [0.25, 0.3) is 0 Å². The van der Waals surface area contributed by atoms with Crippen LogP contribution in [0.4, 0.5) is 0 Å². The monoisotopic (exact) mass is 410 g/mol. The highest BCUT2D eigenvalue weighted by molar-refractivity contribution is 6.99. The number of ether oxygens (including phenoxy) is 1. The standard InChI is InChI=1S/C24H30O4Si/c1-24(2,3)29(19-11-6-4-7-12-19,20-13-8-5-9-14-20)28-22(15-10-18-25)21-16-17-23(26)27-21/h4-9,11-14,18,21-22H,10,15-17H2,1-3H3/t21-,22+/m0/s1. The molecule has 1 saturated heterocycles. The van der Waals surface area contributed by atoms with Crippen LogP contribution in [-0.2, 0) is 18.8 Å². The second-order valence-electron chi connectivity index (χ2n) is 8.63. The van der Waals surface area contributed by atoms with Gasteiger partial charge in [-0.25, -0.2) is 0 Å². The lowest BCUT2D eigenvalue weighted by molar-refractivity contribution is -0.145. The van der Waals surface area contributed by atoms with Crippen LogP contribution in [0.15, 0.2) is 60.7 Å². The second-order valence-corrected chi connectivity index (χ2v) is 12.9. The fraction of sp³-hybridized carbons (Fsp3) is 0.417. The van der Waals surface area contributed by atoms with E-state index in [1.807, 2.05) is 36.4 Å². The first-order valence-electron chi connectivity index (χ1n) is 10.3. The number of rotatable bonds is 8. The van der Waals surface area contributed by atoms with Crippen LogP contribution in [-0.4, -0.2) is 32.8 Å². The van der Waals surface area contributed by atoms with Gasteiger partial charge in [0, 0.05) is 12.8 Å². The highest BCUT2D eigenvalue weighted by Crippen LogP contribution is 2.39. The van der Waals surface area contributed by atoms with E-state index in [1.165, 1.54) is 10.4 Å². The SMILES string of the molecule is CC(C)(C)[Si](O[C@H](CCC=O)[C@@H]1CCC(=O)O1)(c1ccccc1)c1ccccc1. The quantitative estimate of drug-likeness (QED) is 0.379. The molecule has 1 aliphatic heterocycles. The molecule has 0 saturated carbocycles. The van der Waals surface area contributed by atoms with Crippen molar-refractivity contribution < 1.29 is 18.8 Å². The van der Waals surface area contributed by atoms with Crippen molar-refractivity contribution >= 4 is 30.9 Å². The normalized spacial score (nSPS) is 18.3. The molecule has 1 aliphatic rings. The number of benzene rings is 2. The average molecular weight is 411 g/mol. The first-order chi connectivity index (χ1) is 13.9.